The number of aryl methyl sites for hydroxylation is 1. The first-order chi connectivity index (χ1) is 18.9. The van der Waals surface area contributed by atoms with Crippen molar-refractivity contribution in [1.82, 2.24) is 24.5 Å². The van der Waals surface area contributed by atoms with Gasteiger partial charge in [-0.2, -0.15) is 0 Å². The zero-order chi connectivity index (χ0) is 27.1. The number of rotatable bonds is 6. The van der Waals surface area contributed by atoms with Crippen molar-refractivity contribution in [3.63, 3.8) is 0 Å². The van der Waals surface area contributed by atoms with Gasteiger partial charge in [-0.1, -0.05) is 24.8 Å². The molecule has 0 atom stereocenters. The molecule has 0 unspecified atom stereocenters. The lowest BCUT2D eigenvalue weighted by Crippen LogP contribution is -2.07. The van der Waals surface area contributed by atoms with E-state index in [1.807, 2.05) is 48.0 Å². The lowest BCUT2D eigenvalue weighted by Gasteiger charge is -2.14. The molecule has 1 aliphatic rings. The molecule has 9 nitrogen and oxygen atoms in total. The highest BCUT2D eigenvalue weighted by Gasteiger charge is 2.26. The van der Waals surface area contributed by atoms with Crippen molar-refractivity contribution >= 4 is 28.4 Å². The first-order valence-corrected chi connectivity index (χ1v) is 11.9. The molecular weight excluding hydrogens is 504 g/mol. The van der Waals surface area contributed by atoms with Crippen molar-refractivity contribution in [2.75, 3.05) is 10.6 Å². The van der Waals surface area contributed by atoms with Gasteiger partial charge in [0.1, 0.15) is 23.5 Å². The number of aromatic nitrogens is 5. The number of benzene rings is 2. The number of carbonyl (C=O) groups excluding carboxylic acids is 1. The largest absolute Gasteiger partial charge is 0.424 e. The second kappa shape index (κ2) is 9.60. The lowest BCUT2D eigenvalue weighted by atomic mass is 9.95. The molecule has 11 heteroatoms. The minimum atomic E-state index is -2.65. The Hall–Kier alpha value is -5.19. The van der Waals surface area contributed by atoms with E-state index in [9.17, 15) is 13.6 Å². The van der Waals surface area contributed by atoms with Crippen LogP contribution in [0.25, 0.3) is 33.4 Å². The van der Waals surface area contributed by atoms with Crippen molar-refractivity contribution < 1.29 is 18.3 Å². The maximum Gasteiger partial charge on any atom is 0.321 e. The van der Waals surface area contributed by atoms with E-state index in [2.05, 4.69) is 37.1 Å². The maximum atomic E-state index is 12.8. The first-order valence-electron chi connectivity index (χ1n) is 11.9. The highest BCUT2D eigenvalue weighted by atomic mass is 19.3. The topological polar surface area (TPSA) is 107 Å². The van der Waals surface area contributed by atoms with Gasteiger partial charge in [-0.3, -0.25) is 4.79 Å². The van der Waals surface area contributed by atoms with E-state index in [1.54, 1.807) is 6.07 Å². The number of carbonyl (C=O) groups is 1. The molecule has 1 aliphatic heterocycles. The minimum absolute atomic E-state index is 0.0264. The fourth-order valence-corrected chi connectivity index (χ4v) is 4.69. The third-order valence-electron chi connectivity index (χ3n) is 6.48. The molecule has 39 heavy (non-hydrogen) atoms. The second-order valence-corrected chi connectivity index (χ2v) is 8.85. The monoisotopic (exact) mass is 525 g/mol. The van der Waals surface area contributed by atoms with E-state index < -0.39 is 6.43 Å². The van der Waals surface area contributed by atoms with Crippen LogP contribution in [0.4, 0.5) is 20.3 Å². The summed E-state index contributed by atoms with van der Waals surface area (Å²) in [6, 6.07) is 13.1. The Morgan fingerprint density at radius 2 is 1.90 bits per heavy atom. The molecule has 194 valence electrons. The summed E-state index contributed by atoms with van der Waals surface area (Å²) in [6.45, 7) is 3.95. The number of amides is 1. The summed E-state index contributed by atoms with van der Waals surface area (Å²) in [5.41, 5.74) is 5.84. The zero-order valence-electron chi connectivity index (χ0n) is 20.7. The van der Waals surface area contributed by atoms with Crippen molar-refractivity contribution in [2.24, 2.45) is 7.05 Å². The SMILES string of the molecule is C=CC(=O)Nc1ccc(-c2c3c4c(ncnc4n2C)NCc2cc(Oc4ncc(C(F)F)cn4)ccc2-3)cc1. The third kappa shape index (κ3) is 4.33. The Morgan fingerprint density at radius 1 is 1.13 bits per heavy atom. The third-order valence-corrected chi connectivity index (χ3v) is 6.48. The van der Waals surface area contributed by atoms with Crippen LogP contribution in [0.5, 0.6) is 11.8 Å². The van der Waals surface area contributed by atoms with Crippen molar-refractivity contribution in [1.29, 1.82) is 0 Å². The van der Waals surface area contributed by atoms with Crippen LogP contribution in [0.1, 0.15) is 17.6 Å². The van der Waals surface area contributed by atoms with Crippen molar-refractivity contribution in [3.05, 3.63) is 85.0 Å². The van der Waals surface area contributed by atoms with Crippen LogP contribution in [0.15, 0.2) is 73.8 Å². The van der Waals surface area contributed by atoms with Gasteiger partial charge in [0, 0.05) is 37.2 Å². The van der Waals surface area contributed by atoms with Crippen LogP contribution in [0.2, 0.25) is 0 Å². The van der Waals surface area contributed by atoms with Gasteiger partial charge < -0.3 is 19.9 Å². The van der Waals surface area contributed by atoms with Gasteiger partial charge in [-0.05, 0) is 47.0 Å². The van der Waals surface area contributed by atoms with Crippen LogP contribution in [-0.2, 0) is 18.4 Å². The summed E-state index contributed by atoms with van der Waals surface area (Å²) >= 11 is 0. The van der Waals surface area contributed by atoms with Crippen molar-refractivity contribution in [2.45, 2.75) is 13.0 Å². The van der Waals surface area contributed by atoms with Crippen LogP contribution in [0.3, 0.4) is 0 Å². The molecule has 3 aromatic heterocycles. The Kier molecular flexibility index (Phi) is 5.95. The van der Waals surface area contributed by atoms with E-state index in [0.717, 1.165) is 51.4 Å². The van der Waals surface area contributed by atoms with Gasteiger partial charge in [0.15, 0.2) is 0 Å². The molecule has 0 bridgehead atoms. The molecule has 4 heterocycles. The average Bonchev–Trinajstić information content (AvgIpc) is 3.14. The number of anilines is 2. The Bertz CT molecular complexity index is 1730. The normalized spacial score (nSPS) is 12.0. The van der Waals surface area contributed by atoms with E-state index >= 15 is 0 Å². The fraction of sp³-hybridized carbons (Fsp3) is 0.107. The lowest BCUT2D eigenvalue weighted by molar-refractivity contribution is -0.111. The van der Waals surface area contributed by atoms with Crippen LogP contribution in [-0.4, -0.2) is 30.4 Å². The molecule has 0 radical (unpaired) electrons. The van der Waals surface area contributed by atoms with Crippen molar-refractivity contribution in [3.8, 4) is 34.1 Å². The number of nitrogens with one attached hydrogen (secondary N) is 2. The highest BCUT2D eigenvalue weighted by Crippen LogP contribution is 2.46. The molecule has 0 fully saturated rings. The number of halogens is 2. The summed E-state index contributed by atoms with van der Waals surface area (Å²) in [5.74, 6) is 0.886. The van der Waals surface area contributed by atoms with Gasteiger partial charge in [0.25, 0.3) is 6.43 Å². The first kappa shape index (κ1) is 24.2. The molecule has 0 spiro atoms. The molecule has 0 aliphatic carbocycles. The van der Waals surface area contributed by atoms with Crippen LogP contribution in [0, 0.1) is 0 Å². The Labute approximate surface area is 221 Å². The molecule has 0 saturated carbocycles. The van der Waals surface area contributed by atoms with E-state index in [4.69, 9.17) is 4.74 Å². The number of fused-ring (bicyclic) bond motifs is 2. The number of nitrogens with zero attached hydrogens (tertiary/aromatic N) is 5. The summed E-state index contributed by atoms with van der Waals surface area (Å²) in [7, 11) is 1.95. The molecule has 2 aromatic carbocycles. The van der Waals surface area contributed by atoms with Gasteiger partial charge >= 0.3 is 6.01 Å². The van der Waals surface area contributed by atoms with E-state index in [-0.39, 0.29) is 17.5 Å². The highest BCUT2D eigenvalue weighted by molar-refractivity contribution is 6.09. The second-order valence-electron chi connectivity index (χ2n) is 8.85. The van der Waals surface area contributed by atoms with Crippen LogP contribution < -0.4 is 15.4 Å². The fourth-order valence-electron chi connectivity index (χ4n) is 4.69. The number of ether oxygens (including phenoxy) is 1. The van der Waals surface area contributed by atoms with E-state index in [1.165, 1.54) is 12.4 Å². The summed E-state index contributed by atoms with van der Waals surface area (Å²) in [4.78, 5) is 28.5. The quantitative estimate of drug-likeness (QED) is 0.267. The predicted molar refractivity (Wildman–Crippen MR) is 143 cm³/mol. The molecule has 6 rings (SSSR count). The van der Waals surface area contributed by atoms with Crippen LogP contribution >= 0.6 is 0 Å². The predicted octanol–water partition coefficient (Wildman–Crippen LogP) is 5.87. The van der Waals surface area contributed by atoms with Gasteiger partial charge in [0.05, 0.1) is 16.6 Å². The summed E-state index contributed by atoms with van der Waals surface area (Å²) in [6.07, 6.45) is 2.19. The van der Waals surface area contributed by atoms with Gasteiger partial charge in [-0.25, -0.2) is 28.7 Å². The summed E-state index contributed by atoms with van der Waals surface area (Å²) in [5, 5.41) is 7.04. The molecule has 5 aromatic rings. The molecule has 0 saturated heterocycles. The maximum absolute atomic E-state index is 12.8. The van der Waals surface area contributed by atoms with E-state index in [0.29, 0.717) is 23.8 Å². The number of hydrogen-bond donors (Lipinski definition) is 2. The average molecular weight is 526 g/mol. The van der Waals surface area contributed by atoms with Gasteiger partial charge in [0.2, 0.25) is 5.91 Å². The molecule has 2 N–H and O–H groups in total. The standard InChI is InChI=1S/C28H21F2N7O2/c1-3-21(38)36-18-6-4-15(5-7-18)24-22-20-9-8-19(39-28-32-12-17(13-33-28)25(29)30)10-16(20)11-31-26-23(22)27(37(24)2)35-14-34-26/h3-10,12-14,25H,1,11H2,2H3,(H,36,38)(H,31,34,35). The Balaban J connectivity index is 1.43. The zero-order valence-corrected chi connectivity index (χ0v) is 20.7. The van der Waals surface area contributed by atoms with Gasteiger partial charge in [-0.15, -0.1) is 0 Å². The smallest absolute Gasteiger partial charge is 0.321 e. The summed E-state index contributed by atoms with van der Waals surface area (Å²) < 4.78 is 33.5. The molecule has 1 amide bonds. The molecular formula is C28H21F2N7O2. The number of alkyl halides is 2. The number of hydrogen-bond acceptors (Lipinski definition) is 7. The minimum Gasteiger partial charge on any atom is -0.424 e. The Morgan fingerprint density at radius 3 is 2.62 bits per heavy atom.